The van der Waals surface area contributed by atoms with Crippen molar-refractivity contribution < 1.29 is 15.3 Å². The van der Waals surface area contributed by atoms with Gasteiger partial charge in [0.05, 0.1) is 12.0 Å². The van der Waals surface area contributed by atoms with Crippen LogP contribution in [0.5, 0.6) is 0 Å². The third-order valence-electron chi connectivity index (χ3n) is 6.20. The number of nitrogens with zero attached hydrogens (tertiary/aromatic N) is 1. The van der Waals surface area contributed by atoms with Gasteiger partial charge in [-0.2, -0.15) is 0 Å². The predicted octanol–water partition coefficient (Wildman–Crippen LogP) is 9.38. The van der Waals surface area contributed by atoms with Crippen molar-refractivity contribution in [2.75, 3.05) is 6.61 Å². The van der Waals surface area contributed by atoms with Gasteiger partial charge in [0.15, 0.2) is 0 Å². The molecule has 4 heteroatoms. The van der Waals surface area contributed by atoms with Gasteiger partial charge < -0.3 is 0 Å². The maximum atomic E-state index is 8.40. The van der Waals surface area contributed by atoms with Gasteiger partial charge >= 0.3 is 0 Å². The Labute approximate surface area is 188 Å². The fraction of sp³-hybridized carbons (Fsp3) is 1.00. The van der Waals surface area contributed by atoms with Crippen LogP contribution in [0.3, 0.4) is 0 Å². The van der Waals surface area contributed by atoms with Crippen molar-refractivity contribution >= 4 is 0 Å². The maximum absolute atomic E-state index is 8.40. The van der Waals surface area contributed by atoms with E-state index in [4.69, 9.17) is 10.4 Å². The Bertz CT molecular complexity index is 300. The second-order valence-corrected chi connectivity index (χ2v) is 9.22. The molecule has 0 fully saturated rings. The smallest absolute Gasteiger partial charge is 0.0736 e. The lowest BCUT2D eigenvalue weighted by molar-refractivity contribution is -0.492. The summed E-state index contributed by atoms with van der Waals surface area (Å²) >= 11 is 0. The van der Waals surface area contributed by atoms with Crippen molar-refractivity contribution in [2.24, 2.45) is 0 Å². The first kappa shape index (κ1) is 29.8. The summed E-state index contributed by atoms with van der Waals surface area (Å²) in [4.78, 5) is 4.54. The summed E-state index contributed by atoms with van der Waals surface area (Å²) in [6.07, 6.45) is 33.2. The summed E-state index contributed by atoms with van der Waals surface area (Å²) in [5.74, 6) is 0. The topological polar surface area (TPSA) is 52.9 Å². The lowest BCUT2D eigenvalue weighted by Crippen LogP contribution is -2.14. The molecule has 0 aliphatic carbocycles. The number of hydrogen-bond acceptors (Lipinski definition) is 4. The Hall–Kier alpha value is -0.160. The summed E-state index contributed by atoms with van der Waals surface area (Å²) in [5.41, 5.74) is 0. The monoisotopic (exact) mass is 429 g/mol. The number of hydrogen-bond donors (Lipinski definition) is 2. The van der Waals surface area contributed by atoms with Gasteiger partial charge in [-0.15, -0.1) is 0 Å². The fourth-order valence-corrected chi connectivity index (χ4v) is 4.21. The van der Waals surface area contributed by atoms with Crippen LogP contribution in [0, 0.1) is 0 Å². The molecular formula is C26H55NO3. The SMILES string of the molecule is CCCCCCCCCCCCCCCCCCCCCCCCCCON(O)O. The molecule has 0 bridgehead atoms. The average Bonchev–Trinajstić information content (AvgIpc) is 2.73. The Balaban J connectivity index is 2.99. The molecule has 0 saturated carbocycles. The van der Waals surface area contributed by atoms with E-state index >= 15 is 0 Å². The molecule has 0 amide bonds. The van der Waals surface area contributed by atoms with Gasteiger partial charge in [-0.3, -0.25) is 15.3 Å². The van der Waals surface area contributed by atoms with Crippen LogP contribution < -0.4 is 0 Å². The van der Waals surface area contributed by atoms with E-state index in [1.807, 2.05) is 0 Å². The molecule has 0 radical (unpaired) electrons. The van der Waals surface area contributed by atoms with Gasteiger partial charge in [0.2, 0.25) is 0 Å². The first-order chi connectivity index (χ1) is 14.8. The minimum Gasteiger partial charge on any atom is -0.266 e. The molecule has 0 atom stereocenters. The molecule has 0 rings (SSSR count). The fourth-order valence-electron chi connectivity index (χ4n) is 4.21. The molecule has 0 aromatic rings. The van der Waals surface area contributed by atoms with Crippen molar-refractivity contribution in [2.45, 2.75) is 161 Å². The highest BCUT2D eigenvalue weighted by Gasteiger charge is 1.97. The zero-order chi connectivity index (χ0) is 22.0. The minimum atomic E-state index is -0.196. The van der Waals surface area contributed by atoms with E-state index < -0.39 is 0 Å². The van der Waals surface area contributed by atoms with Crippen molar-refractivity contribution in [1.82, 2.24) is 5.39 Å². The molecule has 4 nitrogen and oxygen atoms in total. The standard InChI is InChI=1S/C26H55NO3/c1-2-3-4-5-6-7-8-9-10-11-12-13-14-15-16-17-18-19-20-21-22-23-24-25-26-30-27(28)29/h28-29H,2-26H2,1H3. The molecule has 30 heavy (non-hydrogen) atoms. The van der Waals surface area contributed by atoms with E-state index in [1.165, 1.54) is 141 Å². The summed E-state index contributed by atoms with van der Waals surface area (Å²) in [5, 5.41) is 16.6. The normalized spacial score (nSPS) is 11.6. The molecule has 0 aliphatic heterocycles. The van der Waals surface area contributed by atoms with Crippen LogP contribution in [-0.2, 0) is 4.84 Å². The van der Waals surface area contributed by atoms with E-state index in [0.717, 1.165) is 12.8 Å². The highest BCUT2D eigenvalue weighted by atomic mass is 17.1. The van der Waals surface area contributed by atoms with E-state index in [2.05, 4.69) is 11.8 Å². The molecule has 0 aliphatic rings. The molecule has 0 unspecified atom stereocenters. The van der Waals surface area contributed by atoms with E-state index in [1.54, 1.807) is 0 Å². The van der Waals surface area contributed by atoms with Gasteiger partial charge in [0.1, 0.15) is 0 Å². The molecule has 0 saturated heterocycles. The van der Waals surface area contributed by atoms with Crippen molar-refractivity contribution in [1.29, 1.82) is 0 Å². The van der Waals surface area contributed by atoms with Gasteiger partial charge in [-0.05, 0) is 6.42 Å². The zero-order valence-corrected chi connectivity index (χ0v) is 20.4. The third-order valence-corrected chi connectivity index (χ3v) is 6.20. The van der Waals surface area contributed by atoms with Gasteiger partial charge in [0, 0.05) is 0 Å². The maximum Gasteiger partial charge on any atom is 0.0736 e. The molecule has 0 aromatic carbocycles. The largest absolute Gasteiger partial charge is 0.266 e. The van der Waals surface area contributed by atoms with Crippen molar-refractivity contribution in [3.63, 3.8) is 0 Å². The van der Waals surface area contributed by atoms with E-state index in [-0.39, 0.29) is 5.39 Å². The van der Waals surface area contributed by atoms with Gasteiger partial charge in [0.25, 0.3) is 0 Å². The lowest BCUT2D eigenvalue weighted by Gasteiger charge is -2.06. The first-order valence-electron chi connectivity index (χ1n) is 13.6. The second kappa shape index (κ2) is 26.9. The van der Waals surface area contributed by atoms with Crippen LogP contribution >= 0.6 is 0 Å². The molecular weight excluding hydrogens is 374 g/mol. The second-order valence-electron chi connectivity index (χ2n) is 9.22. The Morgan fingerprint density at radius 1 is 0.400 bits per heavy atom. The minimum absolute atomic E-state index is 0.196. The zero-order valence-electron chi connectivity index (χ0n) is 20.4. The van der Waals surface area contributed by atoms with Crippen molar-refractivity contribution in [3.8, 4) is 0 Å². The van der Waals surface area contributed by atoms with E-state index in [0.29, 0.717) is 6.61 Å². The Morgan fingerprint density at radius 3 is 0.867 bits per heavy atom. The molecule has 0 heterocycles. The Kier molecular flexibility index (Phi) is 26.7. The summed E-state index contributed by atoms with van der Waals surface area (Å²) in [7, 11) is 0. The third kappa shape index (κ3) is 27.8. The highest BCUT2D eigenvalue weighted by molar-refractivity contribution is 4.51. The molecule has 0 aromatic heterocycles. The predicted molar refractivity (Wildman–Crippen MR) is 128 cm³/mol. The van der Waals surface area contributed by atoms with E-state index in [9.17, 15) is 0 Å². The van der Waals surface area contributed by atoms with Gasteiger partial charge in [-0.25, -0.2) is 0 Å². The molecule has 0 spiro atoms. The van der Waals surface area contributed by atoms with Crippen LogP contribution in [0.2, 0.25) is 0 Å². The highest BCUT2D eigenvalue weighted by Crippen LogP contribution is 2.15. The van der Waals surface area contributed by atoms with Crippen LogP contribution in [-0.4, -0.2) is 22.4 Å². The van der Waals surface area contributed by atoms with Crippen LogP contribution in [0.4, 0.5) is 0 Å². The van der Waals surface area contributed by atoms with Crippen LogP contribution in [0.1, 0.15) is 161 Å². The number of unbranched alkanes of at least 4 members (excludes halogenated alkanes) is 23. The van der Waals surface area contributed by atoms with Crippen molar-refractivity contribution in [3.05, 3.63) is 0 Å². The first-order valence-corrected chi connectivity index (χ1v) is 13.6. The molecule has 2 N–H and O–H groups in total. The molecule has 182 valence electrons. The lowest BCUT2D eigenvalue weighted by atomic mass is 10.0. The average molecular weight is 430 g/mol. The summed E-state index contributed by atoms with van der Waals surface area (Å²) in [6, 6.07) is 0. The number of rotatable bonds is 26. The van der Waals surface area contributed by atoms with Crippen LogP contribution in [0.25, 0.3) is 0 Å². The van der Waals surface area contributed by atoms with Gasteiger partial charge in [-0.1, -0.05) is 155 Å². The van der Waals surface area contributed by atoms with Crippen LogP contribution in [0.15, 0.2) is 0 Å². The quantitative estimate of drug-likeness (QED) is 0.106. The summed E-state index contributed by atoms with van der Waals surface area (Å²) < 4.78 is 0. The summed E-state index contributed by atoms with van der Waals surface area (Å²) in [6.45, 7) is 2.67. The Morgan fingerprint density at radius 2 is 0.633 bits per heavy atom.